The summed E-state index contributed by atoms with van der Waals surface area (Å²) in [5, 5.41) is 0. The molecule has 0 saturated carbocycles. The summed E-state index contributed by atoms with van der Waals surface area (Å²) < 4.78 is 17.7. The summed E-state index contributed by atoms with van der Waals surface area (Å²) in [6.07, 6.45) is 0.275. The van der Waals surface area contributed by atoms with Crippen LogP contribution in [0.5, 0.6) is 0 Å². The molecule has 0 radical (unpaired) electrons. The quantitative estimate of drug-likeness (QED) is 0.783. The zero-order valence-electron chi connectivity index (χ0n) is 10.7. The molecule has 0 heterocycles. The molecule has 98 valence electrons. The van der Waals surface area contributed by atoms with Crippen LogP contribution in [0, 0.1) is 5.82 Å². The molecule has 0 bridgehead atoms. The molecule has 3 heteroatoms. The van der Waals surface area contributed by atoms with Crippen LogP contribution in [0.4, 0.5) is 4.39 Å². The monoisotopic (exact) mass is 258 g/mol. The minimum atomic E-state index is -0.248. The number of rotatable bonds is 4. The van der Waals surface area contributed by atoms with Crippen LogP contribution >= 0.6 is 0 Å². The summed E-state index contributed by atoms with van der Waals surface area (Å²) in [5.41, 5.74) is 2.85. The van der Waals surface area contributed by atoms with Crippen molar-refractivity contribution >= 4 is 5.97 Å². The molecule has 2 aromatic rings. The fourth-order valence-corrected chi connectivity index (χ4v) is 1.84. The van der Waals surface area contributed by atoms with Gasteiger partial charge in [-0.3, -0.25) is 4.79 Å². The Morgan fingerprint density at radius 1 is 1.00 bits per heavy atom. The van der Waals surface area contributed by atoms with E-state index in [4.69, 9.17) is 4.74 Å². The lowest BCUT2D eigenvalue weighted by Gasteiger charge is -2.05. The Labute approximate surface area is 111 Å². The molecule has 0 fully saturated rings. The number of benzene rings is 2. The minimum absolute atomic E-state index is 0.225. The predicted octanol–water partition coefficient (Wildman–Crippen LogP) is 3.60. The molecule has 0 aliphatic carbocycles. The van der Waals surface area contributed by atoms with E-state index in [-0.39, 0.29) is 18.2 Å². The average Bonchev–Trinajstić information content (AvgIpc) is 2.41. The number of carbonyl (C=O) groups excluding carboxylic acids is 1. The van der Waals surface area contributed by atoms with Gasteiger partial charge in [-0.1, -0.05) is 36.4 Å². The summed E-state index contributed by atoms with van der Waals surface area (Å²) in [6.45, 7) is 2.18. The average molecular weight is 258 g/mol. The standard InChI is InChI=1S/C16H15FO2/c1-2-19-16(18)11-12-3-5-13(6-4-12)14-7-9-15(17)10-8-14/h3-10H,2,11H2,1H3. The van der Waals surface area contributed by atoms with Gasteiger partial charge in [-0.15, -0.1) is 0 Å². The third-order valence-corrected chi connectivity index (χ3v) is 2.79. The highest BCUT2D eigenvalue weighted by molar-refractivity contribution is 5.73. The van der Waals surface area contributed by atoms with Gasteiger partial charge in [-0.05, 0) is 35.7 Å². The van der Waals surface area contributed by atoms with Crippen LogP contribution < -0.4 is 0 Å². The van der Waals surface area contributed by atoms with E-state index in [0.717, 1.165) is 16.7 Å². The molecule has 0 unspecified atom stereocenters. The SMILES string of the molecule is CCOC(=O)Cc1ccc(-c2ccc(F)cc2)cc1. The van der Waals surface area contributed by atoms with Crippen LogP contribution in [0.1, 0.15) is 12.5 Å². The molecule has 0 saturated heterocycles. The van der Waals surface area contributed by atoms with E-state index in [1.54, 1.807) is 19.1 Å². The van der Waals surface area contributed by atoms with Gasteiger partial charge in [0.25, 0.3) is 0 Å². The second-order valence-corrected chi connectivity index (χ2v) is 4.19. The van der Waals surface area contributed by atoms with E-state index in [2.05, 4.69) is 0 Å². The number of ether oxygens (including phenoxy) is 1. The lowest BCUT2D eigenvalue weighted by Crippen LogP contribution is -2.07. The zero-order chi connectivity index (χ0) is 13.7. The first kappa shape index (κ1) is 13.3. The van der Waals surface area contributed by atoms with Crippen molar-refractivity contribution in [2.24, 2.45) is 0 Å². The van der Waals surface area contributed by atoms with E-state index in [9.17, 15) is 9.18 Å². The van der Waals surface area contributed by atoms with E-state index in [1.807, 2.05) is 24.3 Å². The van der Waals surface area contributed by atoms with Gasteiger partial charge in [0.05, 0.1) is 13.0 Å². The molecule has 0 aromatic heterocycles. The Kier molecular flexibility index (Phi) is 4.29. The number of hydrogen-bond acceptors (Lipinski definition) is 2. The van der Waals surface area contributed by atoms with Crippen molar-refractivity contribution in [1.82, 2.24) is 0 Å². The lowest BCUT2D eigenvalue weighted by atomic mass is 10.0. The summed E-state index contributed by atoms with van der Waals surface area (Å²) in [7, 11) is 0. The van der Waals surface area contributed by atoms with Crippen LogP contribution in [0.15, 0.2) is 48.5 Å². The summed E-state index contributed by atoms with van der Waals surface area (Å²) in [5.74, 6) is -0.472. The van der Waals surface area contributed by atoms with Gasteiger partial charge in [0, 0.05) is 0 Å². The molecule has 2 nitrogen and oxygen atoms in total. The highest BCUT2D eigenvalue weighted by atomic mass is 19.1. The number of halogens is 1. The van der Waals surface area contributed by atoms with Crippen molar-refractivity contribution in [1.29, 1.82) is 0 Å². The van der Waals surface area contributed by atoms with Crippen molar-refractivity contribution < 1.29 is 13.9 Å². The van der Waals surface area contributed by atoms with E-state index in [1.165, 1.54) is 12.1 Å². The normalized spacial score (nSPS) is 10.2. The van der Waals surface area contributed by atoms with Crippen LogP contribution in [0.25, 0.3) is 11.1 Å². The highest BCUT2D eigenvalue weighted by Gasteiger charge is 2.04. The first-order chi connectivity index (χ1) is 9.19. The van der Waals surface area contributed by atoms with Crippen molar-refractivity contribution in [3.05, 3.63) is 59.9 Å². The Bertz CT molecular complexity index is 544. The molecule has 0 N–H and O–H groups in total. The molecule has 0 aliphatic heterocycles. The fourth-order valence-electron chi connectivity index (χ4n) is 1.84. The van der Waals surface area contributed by atoms with Crippen molar-refractivity contribution in [2.45, 2.75) is 13.3 Å². The number of carbonyl (C=O) groups is 1. The van der Waals surface area contributed by atoms with Crippen LogP contribution in [-0.4, -0.2) is 12.6 Å². The summed E-state index contributed by atoms with van der Waals surface area (Å²) in [6, 6.07) is 13.9. The van der Waals surface area contributed by atoms with Gasteiger partial charge in [0.15, 0.2) is 0 Å². The highest BCUT2D eigenvalue weighted by Crippen LogP contribution is 2.20. The third-order valence-electron chi connectivity index (χ3n) is 2.79. The topological polar surface area (TPSA) is 26.3 Å². The van der Waals surface area contributed by atoms with Crippen molar-refractivity contribution in [3.63, 3.8) is 0 Å². The van der Waals surface area contributed by atoms with E-state index in [0.29, 0.717) is 6.61 Å². The zero-order valence-corrected chi connectivity index (χ0v) is 10.7. The first-order valence-electron chi connectivity index (χ1n) is 6.19. The molecular weight excluding hydrogens is 243 g/mol. The largest absolute Gasteiger partial charge is 0.466 e. The maximum atomic E-state index is 12.8. The molecule has 2 rings (SSSR count). The van der Waals surface area contributed by atoms with Gasteiger partial charge in [0.2, 0.25) is 0 Å². The Morgan fingerprint density at radius 2 is 1.53 bits per heavy atom. The lowest BCUT2D eigenvalue weighted by molar-refractivity contribution is -0.142. The maximum Gasteiger partial charge on any atom is 0.310 e. The Hall–Kier alpha value is -2.16. The number of hydrogen-bond donors (Lipinski definition) is 0. The second-order valence-electron chi connectivity index (χ2n) is 4.19. The fraction of sp³-hybridized carbons (Fsp3) is 0.188. The Morgan fingerprint density at radius 3 is 2.05 bits per heavy atom. The molecule has 0 atom stereocenters. The smallest absolute Gasteiger partial charge is 0.310 e. The van der Waals surface area contributed by atoms with Gasteiger partial charge in [-0.2, -0.15) is 0 Å². The van der Waals surface area contributed by atoms with Gasteiger partial charge in [0.1, 0.15) is 5.82 Å². The molecular formula is C16H15FO2. The van der Waals surface area contributed by atoms with E-state index >= 15 is 0 Å². The van der Waals surface area contributed by atoms with Gasteiger partial charge in [-0.25, -0.2) is 4.39 Å². The maximum absolute atomic E-state index is 12.8. The predicted molar refractivity (Wildman–Crippen MR) is 72.2 cm³/mol. The minimum Gasteiger partial charge on any atom is -0.466 e. The third kappa shape index (κ3) is 3.65. The van der Waals surface area contributed by atoms with Gasteiger partial charge < -0.3 is 4.74 Å². The second kappa shape index (κ2) is 6.14. The van der Waals surface area contributed by atoms with E-state index < -0.39 is 0 Å². The molecule has 0 amide bonds. The summed E-state index contributed by atoms with van der Waals surface area (Å²) >= 11 is 0. The van der Waals surface area contributed by atoms with Crippen LogP contribution in [-0.2, 0) is 16.0 Å². The Balaban J connectivity index is 2.10. The van der Waals surface area contributed by atoms with Crippen molar-refractivity contribution in [2.75, 3.05) is 6.61 Å². The van der Waals surface area contributed by atoms with Gasteiger partial charge >= 0.3 is 5.97 Å². The van der Waals surface area contributed by atoms with Crippen molar-refractivity contribution in [3.8, 4) is 11.1 Å². The molecule has 19 heavy (non-hydrogen) atoms. The first-order valence-corrected chi connectivity index (χ1v) is 6.19. The molecule has 2 aromatic carbocycles. The van der Waals surface area contributed by atoms with Crippen LogP contribution in [0.2, 0.25) is 0 Å². The molecule has 0 spiro atoms. The summed E-state index contributed by atoms with van der Waals surface area (Å²) in [4.78, 5) is 11.3. The number of esters is 1. The molecule has 0 aliphatic rings. The van der Waals surface area contributed by atoms with Crippen LogP contribution in [0.3, 0.4) is 0 Å².